The zero-order valence-electron chi connectivity index (χ0n) is 10.3. The van der Waals surface area contributed by atoms with Crippen LogP contribution in [0, 0.1) is 13.8 Å². The maximum atomic E-state index is 11.3. The van der Waals surface area contributed by atoms with Gasteiger partial charge in [0.25, 0.3) is 10.1 Å². The quantitative estimate of drug-likeness (QED) is 0.814. The number of hydrogen-bond donors (Lipinski definition) is 2. The van der Waals surface area contributed by atoms with Crippen LogP contribution in [-0.2, 0) is 10.1 Å². The lowest BCUT2D eigenvalue weighted by molar-refractivity contribution is 0.459. The number of hydrogen-bond acceptors (Lipinski definition) is 3. The Morgan fingerprint density at radius 3 is 2.06 bits per heavy atom. The summed E-state index contributed by atoms with van der Waals surface area (Å²) in [5.41, 5.74) is 1.76. The molecule has 5 heteroatoms. The Morgan fingerprint density at radius 1 is 1.24 bits per heavy atom. The Morgan fingerprint density at radius 2 is 1.71 bits per heavy atom. The maximum Gasteiger partial charge on any atom is 0.271 e. The summed E-state index contributed by atoms with van der Waals surface area (Å²) in [5.74, 6) is 0.166. The summed E-state index contributed by atoms with van der Waals surface area (Å²) in [6.45, 7) is 5.27. The van der Waals surface area contributed by atoms with Crippen molar-refractivity contribution in [2.24, 2.45) is 0 Å². The summed E-state index contributed by atoms with van der Waals surface area (Å²) >= 11 is 0. The minimum Gasteiger partial charge on any atom is -0.507 e. The Balaban J connectivity index is 3.30. The van der Waals surface area contributed by atoms with Crippen LogP contribution in [0.5, 0.6) is 5.75 Å². The zero-order chi connectivity index (χ0) is 13.2. The molecule has 1 unspecified atom stereocenters. The van der Waals surface area contributed by atoms with Gasteiger partial charge in [0.15, 0.2) is 0 Å². The van der Waals surface area contributed by atoms with Crippen molar-refractivity contribution < 1.29 is 18.1 Å². The molecule has 0 aromatic heterocycles. The summed E-state index contributed by atoms with van der Waals surface area (Å²) in [5, 5.41) is 8.72. The lowest BCUT2D eigenvalue weighted by atomic mass is 10.0. The van der Waals surface area contributed by atoms with E-state index in [0.717, 1.165) is 0 Å². The highest BCUT2D eigenvalue weighted by atomic mass is 32.2. The van der Waals surface area contributed by atoms with Gasteiger partial charge < -0.3 is 5.11 Å². The van der Waals surface area contributed by atoms with E-state index in [1.54, 1.807) is 26.0 Å². The third kappa shape index (κ3) is 3.20. The standard InChI is InChI=1S/C12H18O4S/c1-4-5-11(17(14,15)16)10-6-8(2)12(13)9(3)7-10/h6-7,11,13H,4-5H2,1-3H3,(H,14,15,16). The largest absolute Gasteiger partial charge is 0.507 e. The molecule has 0 saturated carbocycles. The molecule has 0 bridgehead atoms. The van der Waals surface area contributed by atoms with Crippen LogP contribution < -0.4 is 0 Å². The lowest BCUT2D eigenvalue weighted by Crippen LogP contribution is -2.12. The fourth-order valence-electron chi connectivity index (χ4n) is 1.93. The van der Waals surface area contributed by atoms with E-state index >= 15 is 0 Å². The minimum absolute atomic E-state index is 0.166. The topological polar surface area (TPSA) is 74.6 Å². The number of phenols is 1. The van der Waals surface area contributed by atoms with Gasteiger partial charge in [0, 0.05) is 0 Å². The molecule has 0 aliphatic rings. The molecule has 0 amide bonds. The molecule has 1 rings (SSSR count). The van der Waals surface area contributed by atoms with Gasteiger partial charge in [0.2, 0.25) is 0 Å². The fraction of sp³-hybridized carbons (Fsp3) is 0.500. The van der Waals surface area contributed by atoms with Gasteiger partial charge in [-0.1, -0.05) is 25.5 Å². The molecule has 1 aromatic carbocycles. The van der Waals surface area contributed by atoms with Crippen molar-refractivity contribution in [3.05, 3.63) is 28.8 Å². The summed E-state index contributed by atoms with van der Waals surface area (Å²) in [6, 6.07) is 3.22. The summed E-state index contributed by atoms with van der Waals surface area (Å²) in [4.78, 5) is 0. The van der Waals surface area contributed by atoms with E-state index in [-0.39, 0.29) is 5.75 Å². The zero-order valence-corrected chi connectivity index (χ0v) is 11.1. The molecule has 0 spiro atoms. The third-order valence-corrected chi connectivity index (χ3v) is 4.02. The van der Waals surface area contributed by atoms with Gasteiger partial charge in [-0.3, -0.25) is 4.55 Å². The summed E-state index contributed by atoms with van der Waals surface area (Å²) in [6.07, 6.45) is 1.02. The molecule has 1 atom stereocenters. The molecular formula is C12H18O4S. The summed E-state index contributed by atoms with van der Waals surface area (Å²) in [7, 11) is -4.11. The molecule has 96 valence electrons. The van der Waals surface area contributed by atoms with E-state index in [9.17, 15) is 18.1 Å². The molecule has 0 aliphatic heterocycles. The van der Waals surface area contributed by atoms with Crippen LogP contribution >= 0.6 is 0 Å². The van der Waals surface area contributed by atoms with Crippen LogP contribution in [0.4, 0.5) is 0 Å². The Hall–Kier alpha value is -1.07. The molecular weight excluding hydrogens is 240 g/mol. The number of rotatable bonds is 4. The molecule has 0 aliphatic carbocycles. The van der Waals surface area contributed by atoms with Crippen molar-refractivity contribution >= 4 is 10.1 Å². The average molecular weight is 258 g/mol. The van der Waals surface area contributed by atoms with Crippen LogP contribution in [0.25, 0.3) is 0 Å². The molecule has 4 nitrogen and oxygen atoms in total. The highest BCUT2D eigenvalue weighted by Gasteiger charge is 2.25. The van der Waals surface area contributed by atoms with Crippen molar-refractivity contribution in [1.82, 2.24) is 0 Å². The van der Waals surface area contributed by atoms with Crippen molar-refractivity contribution in [3.63, 3.8) is 0 Å². The smallest absolute Gasteiger partial charge is 0.271 e. The molecule has 17 heavy (non-hydrogen) atoms. The predicted molar refractivity (Wildman–Crippen MR) is 66.8 cm³/mol. The van der Waals surface area contributed by atoms with Gasteiger partial charge in [0.05, 0.1) is 0 Å². The first-order valence-corrected chi connectivity index (χ1v) is 7.04. The first-order valence-electron chi connectivity index (χ1n) is 5.53. The van der Waals surface area contributed by atoms with Gasteiger partial charge in [-0.05, 0) is 37.0 Å². The van der Waals surface area contributed by atoms with Gasteiger partial charge in [-0.25, -0.2) is 0 Å². The van der Waals surface area contributed by atoms with Gasteiger partial charge in [-0.2, -0.15) is 8.42 Å². The van der Waals surface area contributed by atoms with Crippen molar-refractivity contribution in [2.45, 2.75) is 38.9 Å². The van der Waals surface area contributed by atoms with E-state index in [1.165, 1.54) is 0 Å². The lowest BCUT2D eigenvalue weighted by Gasteiger charge is -2.15. The molecule has 2 N–H and O–H groups in total. The third-order valence-electron chi connectivity index (χ3n) is 2.80. The van der Waals surface area contributed by atoms with Crippen molar-refractivity contribution in [1.29, 1.82) is 0 Å². The highest BCUT2D eigenvalue weighted by Crippen LogP contribution is 2.32. The van der Waals surface area contributed by atoms with E-state index in [2.05, 4.69) is 0 Å². The van der Waals surface area contributed by atoms with Crippen LogP contribution in [0.2, 0.25) is 0 Å². The van der Waals surface area contributed by atoms with Gasteiger partial charge in [-0.15, -0.1) is 0 Å². The van der Waals surface area contributed by atoms with E-state index in [1.807, 2.05) is 6.92 Å². The van der Waals surface area contributed by atoms with Gasteiger partial charge >= 0.3 is 0 Å². The Bertz CT molecular complexity index is 482. The molecule has 0 fully saturated rings. The summed E-state index contributed by atoms with van der Waals surface area (Å²) < 4.78 is 31.9. The highest BCUT2D eigenvalue weighted by molar-refractivity contribution is 7.86. The molecule has 0 saturated heterocycles. The van der Waals surface area contributed by atoms with Crippen LogP contribution in [0.3, 0.4) is 0 Å². The van der Waals surface area contributed by atoms with Crippen LogP contribution in [0.15, 0.2) is 12.1 Å². The number of aromatic hydroxyl groups is 1. The minimum atomic E-state index is -4.11. The number of aryl methyl sites for hydroxylation is 2. The van der Waals surface area contributed by atoms with E-state index < -0.39 is 15.4 Å². The van der Waals surface area contributed by atoms with Crippen LogP contribution in [-0.4, -0.2) is 18.1 Å². The van der Waals surface area contributed by atoms with Gasteiger partial charge in [0.1, 0.15) is 11.0 Å². The average Bonchev–Trinajstić information content (AvgIpc) is 2.20. The SMILES string of the molecule is CCCC(c1cc(C)c(O)c(C)c1)S(=O)(=O)O. The number of benzene rings is 1. The number of phenolic OH excluding ortho intramolecular Hbond substituents is 1. The monoisotopic (exact) mass is 258 g/mol. The maximum absolute atomic E-state index is 11.3. The molecule has 0 radical (unpaired) electrons. The second-order valence-corrected chi connectivity index (χ2v) is 5.89. The molecule has 1 aromatic rings. The normalized spacial score (nSPS) is 13.6. The van der Waals surface area contributed by atoms with E-state index in [0.29, 0.717) is 29.5 Å². The van der Waals surface area contributed by atoms with Crippen molar-refractivity contribution in [2.75, 3.05) is 0 Å². The second kappa shape index (κ2) is 5.06. The fourth-order valence-corrected chi connectivity index (χ4v) is 2.94. The second-order valence-electron chi connectivity index (χ2n) is 4.30. The predicted octanol–water partition coefficient (Wildman–Crippen LogP) is 2.74. The first kappa shape index (κ1) is 14.0. The first-order chi connectivity index (χ1) is 7.77. The Kier molecular flexibility index (Phi) is 4.16. The Labute approximate surface area is 102 Å². The molecule has 0 heterocycles. The van der Waals surface area contributed by atoms with Crippen LogP contribution in [0.1, 0.15) is 41.7 Å². The van der Waals surface area contributed by atoms with E-state index in [4.69, 9.17) is 0 Å². The van der Waals surface area contributed by atoms with Crippen molar-refractivity contribution in [3.8, 4) is 5.75 Å².